The average Bonchev–Trinajstić information content (AvgIpc) is 2.29. The predicted molar refractivity (Wildman–Crippen MR) is 71.6 cm³/mol. The number of benzene rings is 1. The van der Waals surface area contributed by atoms with Gasteiger partial charge in [0.05, 0.1) is 23.8 Å². The van der Waals surface area contributed by atoms with Crippen molar-refractivity contribution in [2.24, 2.45) is 0 Å². The number of anilines is 1. The fourth-order valence-corrected chi connectivity index (χ4v) is 2.41. The molecule has 2 atom stereocenters. The summed E-state index contributed by atoms with van der Waals surface area (Å²) in [6.45, 7) is 1.74. The van der Waals surface area contributed by atoms with Crippen molar-refractivity contribution in [1.82, 2.24) is 0 Å². The molecule has 0 aliphatic rings. The van der Waals surface area contributed by atoms with E-state index in [0.717, 1.165) is 6.07 Å². The molecule has 1 aromatic rings. The molecule has 8 heteroatoms. The quantitative estimate of drug-likeness (QED) is 0.639. The second-order valence-electron chi connectivity index (χ2n) is 4.05. The molecule has 1 N–H and O–H groups in total. The van der Waals surface area contributed by atoms with Crippen LogP contribution in [-0.2, 0) is 10.8 Å². The molecule has 0 radical (unpaired) electrons. The van der Waals surface area contributed by atoms with Crippen LogP contribution in [0, 0.1) is 15.9 Å². The van der Waals surface area contributed by atoms with E-state index in [-0.39, 0.29) is 17.5 Å². The normalized spacial score (nSPS) is 13.7. The molecule has 0 spiro atoms. The maximum absolute atomic E-state index is 13.7. The van der Waals surface area contributed by atoms with Gasteiger partial charge in [0.25, 0.3) is 0 Å². The third kappa shape index (κ3) is 4.16. The molecule has 0 aliphatic heterocycles. The van der Waals surface area contributed by atoms with E-state index in [2.05, 4.69) is 5.32 Å². The van der Waals surface area contributed by atoms with Crippen molar-refractivity contribution >= 4 is 22.2 Å². The third-order valence-corrected chi connectivity index (χ3v) is 3.32. The highest BCUT2D eigenvalue weighted by Crippen LogP contribution is 2.32. The second-order valence-corrected chi connectivity index (χ2v) is 5.53. The summed E-state index contributed by atoms with van der Waals surface area (Å²) >= 11 is 0. The lowest BCUT2D eigenvalue weighted by Crippen LogP contribution is -2.22. The van der Waals surface area contributed by atoms with Crippen LogP contribution < -0.4 is 10.1 Å². The summed E-state index contributed by atoms with van der Waals surface area (Å²) in [6, 6.07) is 1.80. The van der Waals surface area contributed by atoms with Crippen LogP contribution in [0.3, 0.4) is 0 Å². The topological polar surface area (TPSA) is 81.5 Å². The number of halogens is 1. The Morgan fingerprint density at radius 2 is 2.21 bits per heavy atom. The van der Waals surface area contributed by atoms with Crippen LogP contribution in [0.5, 0.6) is 5.75 Å². The number of nitrogens with zero attached hydrogens (tertiary/aromatic N) is 1. The first-order chi connectivity index (χ1) is 8.85. The monoisotopic (exact) mass is 290 g/mol. The average molecular weight is 290 g/mol. The Morgan fingerprint density at radius 1 is 1.58 bits per heavy atom. The van der Waals surface area contributed by atoms with Gasteiger partial charge in [0.15, 0.2) is 11.6 Å². The molecule has 106 valence electrons. The van der Waals surface area contributed by atoms with Crippen molar-refractivity contribution in [3.8, 4) is 5.75 Å². The highest BCUT2D eigenvalue weighted by Gasteiger charge is 2.20. The van der Waals surface area contributed by atoms with Crippen LogP contribution in [0.25, 0.3) is 0 Å². The highest BCUT2D eigenvalue weighted by atomic mass is 32.2. The van der Waals surface area contributed by atoms with Gasteiger partial charge in [0, 0.05) is 34.9 Å². The minimum atomic E-state index is -1.02. The highest BCUT2D eigenvalue weighted by molar-refractivity contribution is 7.84. The molecule has 1 rings (SSSR count). The van der Waals surface area contributed by atoms with Crippen LogP contribution in [0.1, 0.15) is 6.92 Å². The Balaban J connectivity index is 3.02. The number of nitro benzene ring substituents is 1. The number of hydrogen-bond donors (Lipinski definition) is 1. The van der Waals surface area contributed by atoms with Gasteiger partial charge in [-0.25, -0.2) is 4.39 Å². The molecular formula is C11H15FN2O4S. The van der Waals surface area contributed by atoms with Gasteiger partial charge in [-0.1, -0.05) is 0 Å². The zero-order chi connectivity index (χ0) is 14.6. The van der Waals surface area contributed by atoms with Gasteiger partial charge in [0.2, 0.25) is 0 Å². The number of nitrogens with one attached hydrogen (secondary N) is 1. The zero-order valence-corrected chi connectivity index (χ0v) is 11.6. The number of ether oxygens (including phenoxy) is 1. The molecule has 19 heavy (non-hydrogen) atoms. The van der Waals surface area contributed by atoms with Gasteiger partial charge in [0.1, 0.15) is 0 Å². The number of rotatable bonds is 6. The Bertz CT molecular complexity index is 510. The van der Waals surface area contributed by atoms with Crippen molar-refractivity contribution in [1.29, 1.82) is 0 Å². The lowest BCUT2D eigenvalue weighted by molar-refractivity contribution is -0.385. The van der Waals surface area contributed by atoms with Crippen LogP contribution in [0.2, 0.25) is 0 Å². The number of nitro groups is 1. The van der Waals surface area contributed by atoms with Gasteiger partial charge in [-0.2, -0.15) is 0 Å². The van der Waals surface area contributed by atoms with Crippen molar-refractivity contribution in [2.75, 3.05) is 24.4 Å². The van der Waals surface area contributed by atoms with Gasteiger partial charge >= 0.3 is 5.69 Å². The largest absolute Gasteiger partial charge is 0.490 e. The van der Waals surface area contributed by atoms with E-state index in [0.29, 0.717) is 5.75 Å². The van der Waals surface area contributed by atoms with Gasteiger partial charge in [-0.05, 0) is 6.92 Å². The van der Waals surface area contributed by atoms with Gasteiger partial charge in [-0.15, -0.1) is 0 Å². The fourth-order valence-electron chi connectivity index (χ4n) is 1.62. The van der Waals surface area contributed by atoms with Crippen molar-refractivity contribution < 1.29 is 18.3 Å². The predicted octanol–water partition coefficient (Wildman–Crippen LogP) is 1.92. The molecule has 0 saturated carbocycles. The summed E-state index contributed by atoms with van der Waals surface area (Å²) in [6.07, 6.45) is 1.55. The SMILES string of the molecule is COc1cc(NC(C)CS(C)=O)c(F)cc1[N+](=O)[O-]. The standard InChI is InChI=1S/C11H15FN2O4S/c1-7(6-19(3)17)13-9-5-11(18-2)10(14(15)16)4-8(9)12/h4-5,7,13H,6H2,1-3H3. The summed E-state index contributed by atoms with van der Waals surface area (Å²) in [7, 11) is 0.253. The summed E-state index contributed by atoms with van der Waals surface area (Å²) < 4.78 is 29.6. The summed E-state index contributed by atoms with van der Waals surface area (Å²) in [5.41, 5.74) is -0.349. The van der Waals surface area contributed by atoms with E-state index in [1.807, 2.05) is 0 Å². The molecule has 0 aliphatic carbocycles. The molecule has 0 fully saturated rings. The van der Waals surface area contributed by atoms with Crippen LogP contribution in [0.15, 0.2) is 12.1 Å². The Morgan fingerprint density at radius 3 is 2.68 bits per heavy atom. The third-order valence-electron chi connectivity index (χ3n) is 2.35. The number of methoxy groups -OCH3 is 1. The van der Waals surface area contributed by atoms with E-state index in [4.69, 9.17) is 4.74 Å². The molecule has 0 amide bonds. The smallest absolute Gasteiger partial charge is 0.313 e. The first kappa shape index (κ1) is 15.4. The summed E-state index contributed by atoms with van der Waals surface area (Å²) in [5, 5.41) is 13.5. The van der Waals surface area contributed by atoms with E-state index in [1.54, 1.807) is 13.2 Å². The number of hydrogen-bond acceptors (Lipinski definition) is 5. The molecule has 0 heterocycles. The fraction of sp³-hybridized carbons (Fsp3) is 0.455. The van der Waals surface area contributed by atoms with E-state index in [9.17, 15) is 18.7 Å². The summed E-state index contributed by atoms with van der Waals surface area (Å²) in [5.74, 6) is -0.432. The van der Waals surface area contributed by atoms with Gasteiger partial charge in [-0.3, -0.25) is 14.3 Å². The molecule has 6 nitrogen and oxygen atoms in total. The summed E-state index contributed by atoms with van der Waals surface area (Å²) in [4.78, 5) is 10.00. The Labute approximate surface area is 112 Å². The Hall–Kier alpha value is -1.70. The molecule has 2 unspecified atom stereocenters. The first-order valence-corrected chi connectivity index (χ1v) is 7.16. The van der Waals surface area contributed by atoms with E-state index >= 15 is 0 Å². The van der Waals surface area contributed by atoms with Crippen molar-refractivity contribution in [3.63, 3.8) is 0 Å². The maximum Gasteiger partial charge on any atom is 0.313 e. The minimum Gasteiger partial charge on any atom is -0.490 e. The van der Waals surface area contributed by atoms with E-state index in [1.165, 1.54) is 13.2 Å². The van der Waals surface area contributed by atoms with Crippen molar-refractivity contribution in [2.45, 2.75) is 13.0 Å². The molecule has 0 saturated heterocycles. The van der Waals surface area contributed by atoms with Crippen LogP contribution in [0.4, 0.5) is 15.8 Å². The lowest BCUT2D eigenvalue weighted by Gasteiger charge is -2.15. The van der Waals surface area contributed by atoms with Crippen molar-refractivity contribution in [3.05, 3.63) is 28.1 Å². The van der Waals surface area contributed by atoms with Gasteiger partial charge < -0.3 is 10.1 Å². The molecule has 1 aromatic carbocycles. The van der Waals surface area contributed by atoms with Crippen LogP contribution >= 0.6 is 0 Å². The Kier molecular flexibility index (Phi) is 5.22. The van der Waals surface area contributed by atoms with E-state index < -0.39 is 27.2 Å². The zero-order valence-electron chi connectivity index (χ0n) is 10.8. The molecular weight excluding hydrogens is 275 g/mol. The van der Waals surface area contributed by atoms with Crippen LogP contribution in [-0.4, -0.2) is 34.3 Å². The maximum atomic E-state index is 13.7. The second kappa shape index (κ2) is 6.46. The molecule has 0 bridgehead atoms. The lowest BCUT2D eigenvalue weighted by atomic mass is 10.2. The molecule has 0 aromatic heterocycles. The first-order valence-electron chi connectivity index (χ1n) is 5.43. The minimum absolute atomic E-state index is 0.0290.